The van der Waals surface area contributed by atoms with Crippen LogP contribution in [0.3, 0.4) is 0 Å². The van der Waals surface area contributed by atoms with E-state index in [1.54, 1.807) is 24.3 Å². The standard InChI is InChI=1S/C18H19ClO5S/c19-15-6-10-17(11-7-15)25(22,23)12-2-1-3-14-4-8-16(9-5-14)24-13-18(20)21/h4-11H,1-3,12-13H2,(H,20,21). The lowest BCUT2D eigenvalue weighted by Gasteiger charge is -2.06. The Morgan fingerprint density at radius 3 is 2.24 bits per heavy atom. The molecule has 0 bridgehead atoms. The molecule has 0 saturated heterocycles. The van der Waals surface area contributed by atoms with Crippen LogP contribution in [0.1, 0.15) is 18.4 Å². The van der Waals surface area contributed by atoms with Crippen LogP contribution in [0.4, 0.5) is 0 Å². The quantitative estimate of drug-likeness (QED) is 0.670. The van der Waals surface area contributed by atoms with Crippen LogP contribution in [0.2, 0.25) is 5.02 Å². The number of rotatable bonds is 9. The molecule has 0 spiro atoms. The van der Waals surface area contributed by atoms with E-state index in [-0.39, 0.29) is 17.3 Å². The Balaban J connectivity index is 1.78. The highest BCUT2D eigenvalue weighted by Crippen LogP contribution is 2.18. The lowest BCUT2D eigenvalue weighted by molar-refractivity contribution is -0.139. The molecule has 0 atom stereocenters. The van der Waals surface area contributed by atoms with Crippen LogP contribution in [0, 0.1) is 0 Å². The second-order valence-corrected chi connectivity index (χ2v) is 8.10. The minimum absolute atomic E-state index is 0.0917. The Morgan fingerprint density at radius 1 is 1.00 bits per heavy atom. The van der Waals surface area contributed by atoms with E-state index < -0.39 is 15.8 Å². The molecular weight excluding hydrogens is 364 g/mol. The maximum absolute atomic E-state index is 12.2. The molecular formula is C18H19ClO5S. The minimum atomic E-state index is -3.29. The Bertz CT molecular complexity index is 798. The van der Waals surface area contributed by atoms with Gasteiger partial charge in [-0.15, -0.1) is 0 Å². The Morgan fingerprint density at radius 2 is 1.64 bits per heavy atom. The van der Waals surface area contributed by atoms with E-state index in [0.717, 1.165) is 18.4 Å². The molecule has 2 rings (SSSR count). The average molecular weight is 383 g/mol. The minimum Gasteiger partial charge on any atom is -0.482 e. The number of ether oxygens (including phenoxy) is 1. The Labute approximate surface area is 152 Å². The molecule has 2 aromatic rings. The molecule has 0 amide bonds. The predicted octanol–water partition coefficient (Wildman–Crippen LogP) is 3.60. The highest BCUT2D eigenvalue weighted by Gasteiger charge is 2.13. The number of aryl methyl sites for hydroxylation is 1. The third kappa shape index (κ3) is 6.40. The van der Waals surface area contributed by atoms with Crippen LogP contribution < -0.4 is 4.74 Å². The number of carboxylic acids is 1. The Kier molecular flexibility index (Phi) is 6.84. The summed E-state index contributed by atoms with van der Waals surface area (Å²) in [5.41, 5.74) is 1.05. The van der Waals surface area contributed by atoms with Crippen LogP contribution >= 0.6 is 11.6 Å². The molecule has 0 aliphatic carbocycles. The summed E-state index contributed by atoms with van der Waals surface area (Å²) in [6.45, 7) is -0.373. The number of halogens is 1. The first-order chi connectivity index (χ1) is 11.9. The van der Waals surface area contributed by atoms with Crippen molar-refractivity contribution < 1.29 is 23.1 Å². The van der Waals surface area contributed by atoms with Crippen molar-refractivity contribution in [3.63, 3.8) is 0 Å². The summed E-state index contributed by atoms with van der Waals surface area (Å²) in [6.07, 6.45) is 2.04. The number of carboxylic acid groups (broad SMARTS) is 1. The van der Waals surface area contributed by atoms with Crippen LogP contribution in [0.25, 0.3) is 0 Å². The van der Waals surface area contributed by atoms with Gasteiger partial charge >= 0.3 is 5.97 Å². The molecule has 5 nitrogen and oxygen atoms in total. The number of benzene rings is 2. The van der Waals surface area contributed by atoms with E-state index in [1.165, 1.54) is 12.1 Å². The Hall–Kier alpha value is -2.05. The molecule has 2 aromatic carbocycles. The van der Waals surface area contributed by atoms with Crippen molar-refractivity contribution in [2.45, 2.75) is 24.2 Å². The molecule has 0 aliphatic rings. The highest BCUT2D eigenvalue weighted by molar-refractivity contribution is 7.91. The van der Waals surface area contributed by atoms with Crippen molar-refractivity contribution in [2.75, 3.05) is 12.4 Å². The zero-order valence-corrected chi connectivity index (χ0v) is 15.1. The summed E-state index contributed by atoms with van der Waals surface area (Å²) >= 11 is 5.77. The molecule has 0 aromatic heterocycles. The fraction of sp³-hybridized carbons (Fsp3) is 0.278. The van der Waals surface area contributed by atoms with E-state index in [1.807, 2.05) is 12.1 Å². The predicted molar refractivity (Wildman–Crippen MR) is 96.0 cm³/mol. The van der Waals surface area contributed by atoms with Crippen molar-refractivity contribution in [2.24, 2.45) is 0 Å². The number of unbranched alkanes of at least 4 members (excludes halogenated alkanes) is 1. The van der Waals surface area contributed by atoms with Gasteiger partial charge in [-0.1, -0.05) is 23.7 Å². The molecule has 0 saturated carbocycles. The first-order valence-corrected chi connectivity index (χ1v) is 9.82. The number of carbonyl (C=O) groups is 1. The average Bonchev–Trinajstić information content (AvgIpc) is 2.58. The summed E-state index contributed by atoms with van der Waals surface area (Å²) in [4.78, 5) is 10.7. The van der Waals surface area contributed by atoms with Crippen LogP contribution in [0.15, 0.2) is 53.4 Å². The van der Waals surface area contributed by atoms with E-state index in [0.29, 0.717) is 17.2 Å². The van der Waals surface area contributed by atoms with Gasteiger partial charge in [-0.2, -0.15) is 0 Å². The highest BCUT2D eigenvalue weighted by atomic mass is 35.5. The number of sulfone groups is 1. The fourth-order valence-corrected chi connectivity index (χ4v) is 3.78. The second kappa shape index (κ2) is 8.87. The smallest absolute Gasteiger partial charge is 0.341 e. The summed E-state index contributed by atoms with van der Waals surface area (Å²) in [6, 6.07) is 13.3. The summed E-state index contributed by atoms with van der Waals surface area (Å²) in [5.74, 6) is -0.434. The number of hydrogen-bond acceptors (Lipinski definition) is 4. The zero-order chi connectivity index (χ0) is 18.3. The third-order valence-corrected chi connectivity index (χ3v) is 5.66. The fourth-order valence-electron chi connectivity index (χ4n) is 2.28. The monoisotopic (exact) mass is 382 g/mol. The van der Waals surface area contributed by atoms with Gasteiger partial charge in [-0.05, 0) is 61.2 Å². The van der Waals surface area contributed by atoms with Gasteiger partial charge in [0, 0.05) is 5.02 Å². The zero-order valence-electron chi connectivity index (χ0n) is 13.5. The normalized spacial score (nSPS) is 11.2. The van der Waals surface area contributed by atoms with Crippen molar-refractivity contribution in [1.82, 2.24) is 0 Å². The van der Waals surface area contributed by atoms with E-state index >= 15 is 0 Å². The molecule has 0 heterocycles. The van der Waals surface area contributed by atoms with Gasteiger partial charge < -0.3 is 9.84 Å². The van der Waals surface area contributed by atoms with Gasteiger partial charge in [0.2, 0.25) is 0 Å². The van der Waals surface area contributed by atoms with Gasteiger partial charge in [0.25, 0.3) is 0 Å². The summed E-state index contributed by atoms with van der Waals surface area (Å²) < 4.78 is 29.5. The van der Waals surface area contributed by atoms with E-state index in [2.05, 4.69) is 0 Å². The van der Waals surface area contributed by atoms with Crippen LogP contribution in [-0.2, 0) is 21.1 Å². The topological polar surface area (TPSA) is 80.7 Å². The maximum atomic E-state index is 12.2. The van der Waals surface area contributed by atoms with Crippen molar-refractivity contribution >= 4 is 27.4 Å². The van der Waals surface area contributed by atoms with Crippen molar-refractivity contribution in [1.29, 1.82) is 0 Å². The van der Waals surface area contributed by atoms with Gasteiger partial charge in [-0.25, -0.2) is 13.2 Å². The van der Waals surface area contributed by atoms with Crippen LogP contribution in [-0.4, -0.2) is 31.9 Å². The van der Waals surface area contributed by atoms with Gasteiger partial charge in [-0.3, -0.25) is 0 Å². The molecule has 0 radical (unpaired) electrons. The third-order valence-electron chi connectivity index (χ3n) is 3.59. The van der Waals surface area contributed by atoms with E-state index in [4.69, 9.17) is 21.4 Å². The van der Waals surface area contributed by atoms with Gasteiger partial charge in [0.05, 0.1) is 10.6 Å². The number of aliphatic carboxylic acids is 1. The SMILES string of the molecule is O=C(O)COc1ccc(CCCCS(=O)(=O)c2ccc(Cl)cc2)cc1. The summed E-state index contributed by atoms with van der Waals surface area (Å²) in [7, 11) is -3.29. The molecule has 1 N–H and O–H groups in total. The maximum Gasteiger partial charge on any atom is 0.341 e. The lowest BCUT2D eigenvalue weighted by atomic mass is 10.1. The largest absolute Gasteiger partial charge is 0.482 e. The second-order valence-electron chi connectivity index (χ2n) is 5.56. The molecule has 0 fully saturated rings. The first kappa shape index (κ1) is 19.3. The van der Waals surface area contributed by atoms with Gasteiger partial charge in [0.15, 0.2) is 16.4 Å². The molecule has 0 unspecified atom stereocenters. The van der Waals surface area contributed by atoms with Gasteiger partial charge in [0.1, 0.15) is 5.75 Å². The molecule has 134 valence electrons. The molecule has 25 heavy (non-hydrogen) atoms. The molecule has 0 aliphatic heterocycles. The summed E-state index contributed by atoms with van der Waals surface area (Å²) in [5, 5.41) is 9.06. The first-order valence-electron chi connectivity index (χ1n) is 7.79. The van der Waals surface area contributed by atoms with Crippen molar-refractivity contribution in [3.05, 3.63) is 59.1 Å². The van der Waals surface area contributed by atoms with E-state index in [9.17, 15) is 13.2 Å². The molecule has 7 heteroatoms. The lowest BCUT2D eigenvalue weighted by Crippen LogP contribution is -2.09. The number of hydrogen-bond donors (Lipinski definition) is 1. The van der Waals surface area contributed by atoms with Crippen molar-refractivity contribution in [3.8, 4) is 5.75 Å². The van der Waals surface area contributed by atoms with Crippen LogP contribution in [0.5, 0.6) is 5.75 Å².